The van der Waals surface area contributed by atoms with E-state index in [4.69, 9.17) is 5.73 Å². The smallest absolute Gasteiger partial charge is 0.366 e. The minimum absolute atomic E-state index is 0.359. The lowest BCUT2D eigenvalue weighted by atomic mass is 10.1. The van der Waals surface area contributed by atoms with Crippen LogP contribution in [0.3, 0.4) is 0 Å². The topological polar surface area (TPSA) is 60.9 Å². The van der Waals surface area contributed by atoms with E-state index in [1.165, 1.54) is 12.1 Å². The molecule has 3 aromatic rings. The van der Waals surface area contributed by atoms with Crippen LogP contribution in [0, 0.1) is 0 Å². The third kappa shape index (κ3) is 3.03. The molecule has 0 saturated heterocycles. The molecule has 1 amide bonds. The van der Waals surface area contributed by atoms with Crippen molar-refractivity contribution < 1.29 is 18.0 Å². The van der Waals surface area contributed by atoms with Crippen LogP contribution in [0.25, 0.3) is 11.0 Å². The first-order valence-corrected chi connectivity index (χ1v) is 6.75. The van der Waals surface area contributed by atoms with E-state index >= 15 is 0 Å². The highest BCUT2D eigenvalue weighted by atomic mass is 19.4. The summed E-state index contributed by atoms with van der Waals surface area (Å²) in [4.78, 5) is 15.3. The molecule has 118 valence electrons. The van der Waals surface area contributed by atoms with Gasteiger partial charge < -0.3 is 10.3 Å². The molecule has 0 aliphatic heterocycles. The normalized spacial score (nSPS) is 11.8. The minimum atomic E-state index is -4.34. The average molecular weight is 319 g/mol. The number of primary amides is 1. The summed E-state index contributed by atoms with van der Waals surface area (Å²) in [5.74, 6) is -0.538. The maximum Gasteiger partial charge on any atom is 0.416 e. The Morgan fingerprint density at radius 1 is 1.13 bits per heavy atom. The fourth-order valence-corrected chi connectivity index (χ4v) is 2.34. The molecule has 1 heterocycles. The Labute approximate surface area is 129 Å². The fraction of sp³-hybridized carbons (Fsp3) is 0.125. The second kappa shape index (κ2) is 5.42. The van der Waals surface area contributed by atoms with Gasteiger partial charge in [-0.2, -0.15) is 13.2 Å². The van der Waals surface area contributed by atoms with Gasteiger partial charge in [0.05, 0.1) is 22.9 Å². The summed E-state index contributed by atoms with van der Waals surface area (Å²) in [6, 6.07) is 9.88. The Kier molecular flexibility index (Phi) is 3.55. The van der Waals surface area contributed by atoms with Gasteiger partial charge in [-0.1, -0.05) is 12.1 Å². The number of halogens is 3. The first-order valence-electron chi connectivity index (χ1n) is 6.75. The van der Waals surface area contributed by atoms with Crippen LogP contribution in [-0.2, 0) is 12.7 Å². The van der Waals surface area contributed by atoms with Crippen LogP contribution in [0.4, 0.5) is 13.2 Å². The molecule has 1 aromatic heterocycles. The molecule has 4 nitrogen and oxygen atoms in total. The zero-order valence-corrected chi connectivity index (χ0v) is 11.8. The SMILES string of the molecule is NC(=O)c1ccc2c(c1)ncn2Cc1ccc(C(F)(F)F)cc1. The number of fused-ring (bicyclic) bond motifs is 1. The standard InChI is InChI=1S/C16H12F3N3O/c17-16(18,19)12-4-1-10(2-5-12)8-22-9-21-13-7-11(15(20)23)3-6-14(13)22/h1-7,9H,8H2,(H2,20,23). The highest BCUT2D eigenvalue weighted by molar-refractivity contribution is 5.96. The van der Waals surface area contributed by atoms with Gasteiger partial charge in [0.1, 0.15) is 0 Å². The first kappa shape index (κ1) is 15.1. The molecular formula is C16H12F3N3O. The summed E-state index contributed by atoms with van der Waals surface area (Å²) < 4.78 is 39.5. The van der Waals surface area contributed by atoms with Crippen LogP contribution in [0.15, 0.2) is 48.8 Å². The van der Waals surface area contributed by atoms with Crippen molar-refractivity contribution in [3.63, 3.8) is 0 Å². The van der Waals surface area contributed by atoms with E-state index in [9.17, 15) is 18.0 Å². The number of nitrogens with two attached hydrogens (primary N) is 1. The predicted octanol–water partition coefficient (Wildman–Crippen LogP) is 3.20. The second-order valence-corrected chi connectivity index (χ2v) is 5.13. The summed E-state index contributed by atoms with van der Waals surface area (Å²) in [6.45, 7) is 0.380. The van der Waals surface area contributed by atoms with Gasteiger partial charge in [0.25, 0.3) is 0 Å². The number of carbonyl (C=O) groups excluding carboxylic acids is 1. The number of imidazole rings is 1. The maximum absolute atomic E-state index is 12.6. The van der Waals surface area contributed by atoms with E-state index in [2.05, 4.69) is 4.98 Å². The third-order valence-electron chi connectivity index (χ3n) is 3.54. The summed E-state index contributed by atoms with van der Waals surface area (Å²) in [7, 11) is 0. The molecule has 0 atom stereocenters. The van der Waals surface area contributed by atoms with E-state index in [0.29, 0.717) is 17.6 Å². The molecule has 2 N–H and O–H groups in total. The lowest BCUT2D eigenvalue weighted by Gasteiger charge is -2.08. The van der Waals surface area contributed by atoms with E-state index in [0.717, 1.165) is 23.2 Å². The monoisotopic (exact) mass is 319 g/mol. The number of hydrogen-bond donors (Lipinski definition) is 1. The molecule has 0 radical (unpaired) electrons. The number of nitrogens with zero attached hydrogens (tertiary/aromatic N) is 2. The lowest BCUT2D eigenvalue weighted by molar-refractivity contribution is -0.137. The largest absolute Gasteiger partial charge is 0.416 e. The number of rotatable bonds is 3. The van der Waals surface area contributed by atoms with Crippen LogP contribution in [-0.4, -0.2) is 15.5 Å². The van der Waals surface area contributed by atoms with Gasteiger partial charge in [0, 0.05) is 12.1 Å². The molecule has 3 rings (SSSR count). The molecule has 0 aliphatic carbocycles. The van der Waals surface area contributed by atoms with Crippen molar-refractivity contribution in [2.45, 2.75) is 12.7 Å². The van der Waals surface area contributed by atoms with E-state index in [1.807, 2.05) is 0 Å². The number of hydrogen-bond acceptors (Lipinski definition) is 2. The van der Waals surface area contributed by atoms with E-state index in [1.54, 1.807) is 29.1 Å². The lowest BCUT2D eigenvalue weighted by Crippen LogP contribution is -2.10. The number of alkyl halides is 3. The van der Waals surface area contributed by atoms with Gasteiger partial charge in [-0.25, -0.2) is 4.98 Å². The molecule has 23 heavy (non-hydrogen) atoms. The fourth-order valence-electron chi connectivity index (χ4n) is 2.34. The van der Waals surface area contributed by atoms with Crippen molar-refractivity contribution in [1.82, 2.24) is 9.55 Å². The van der Waals surface area contributed by atoms with Gasteiger partial charge in [0.2, 0.25) is 5.91 Å². The number of amides is 1. The zero-order valence-electron chi connectivity index (χ0n) is 11.8. The first-order chi connectivity index (χ1) is 10.8. The van der Waals surface area contributed by atoms with Gasteiger partial charge in [-0.05, 0) is 35.9 Å². The van der Waals surface area contributed by atoms with Crippen molar-refractivity contribution in [3.8, 4) is 0 Å². The van der Waals surface area contributed by atoms with Gasteiger partial charge >= 0.3 is 6.18 Å². The molecule has 0 spiro atoms. The summed E-state index contributed by atoms with van der Waals surface area (Å²) in [5.41, 5.74) is 7.00. The third-order valence-corrected chi connectivity index (χ3v) is 3.54. The summed E-state index contributed by atoms with van der Waals surface area (Å²) in [5, 5.41) is 0. The van der Waals surface area contributed by atoms with Crippen molar-refractivity contribution in [2.24, 2.45) is 5.73 Å². The molecule has 0 unspecified atom stereocenters. The maximum atomic E-state index is 12.6. The van der Waals surface area contributed by atoms with E-state index < -0.39 is 17.6 Å². The van der Waals surface area contributed by atoms with Gasteiger partial charge in [0.15, 0.2) is 0 Å². The summed E-state index contributed by atoms with van der Waals surface area (Å²) >= 11 is 0. The quantitative estimate of drug-likeness (QED) is 0.806. The number of aromatic nitrogens is 2. The molecule has 0 fully saturated rings. The molecule has 2 aromatic carbocycles. The van der Waals surface area contributed by atoms with Crippen molar-refractivity contribution in [3.05, 3.63) is 65.5 Å². The average Bonchev–Trinajstić information content (AvgIpc) is 2.89. The molecule has 0 aliphatic rings. The van der Waals surface area contributed by atoms with Gasteiger partial charge in [-0.15, -0.1) is 0 Å². The van der Waals surface area contributed by atoms with E-state index in [-0.39, 0.29) is 0 Å². The van der Waals surface area contributed by atoms with Crippen LogP contribution in [0.2, 0.25) is 0 Å². The van der Waals surface area contributed by atoms with Crippen molar-refractivity contribution in [2.75, 3.05) is 0 Å². The van der Waals surface area contributed by atoms with Gasteiger partial charge in [-0.3, -0.25) is 4.79 Å². The number of carbonyl (C=O) groups is 1. The van der Waals surface area contributed by atoms with Crippen molar-refractivity contribution >= 4 is 16.9 Å². The zero-order chi connectivity index (χ0) is 16.6. The Morgan fingerprint density at radius 2 is 1.83 bits per heavy atom. The van der Waals surface area contributed by atoms with Crippen molar-refractivity contribution in [1.29, 1.82) is 0 Å². The predicted molar refractivity (Wildman–Crippen MR) is 78.8 cm³/mol. The Morgan fingerprint density at radius 3 is 2.43 bits per heavy atom. The van der Waals surface area contributed by atoms with Crippen LogP contribution >= 0.6 is 0 Å². The second-order valence-electron chi connectivity index (χ2n) is 5.13. The molecule has 0 bridgehead atoms. The van der Waals surface area contributed by atoms with Crippen LogP contribution in [0.5, 0.6) is 0 Å². The van der Waals surface area contributed by atoms with Crippen LogP contribution in [0.1, 0.15) is 21.5 Å². The minimum Gasteiger partial charge on any atom is -0.366 e. The molecule has 7 heteroatoms. The Balaban J connectivity index is 1.88. The summed E-state index contributed by atoms with van der Waals surface area (Å²) in [6.07, 6.45) is -2.77. The highest BCUT2D eigenvalue weighted by Gasteiger charge is 2.29. The molecule has 0 saturated carbocycles. The Hall–Kier alpha value is -2.83. The number of benzene rings is 2. The Bertz CT molecular complexity index is 866. The molecular weight excluding hydrogens is 307 g/mol. The highest BCUT2D eigenvalue weighted by Crippen LogP contribution is 2.29. The van der Waals surface area contributed by atoms with Crippen LogP contribution < -0.4 is 5.73 Å².